The van der Waals surface area contributed by atoms with Crippen LogP contribution in [0.3, 0.4) is 0 Å². The minimum Gasteiger partial charge on any atom is -0.309 e. The molecule has 12 rings (SSSR count). The summed E-state index contributed by atoms with van der Waals surface area (Å²) >= 11 is 0. The molecule has 0 spiro atoms. The maximum Gasteiger partial charge on any atom is 0.0998 e. The molecule has 0 unspecified atom stereocenters. The van der Waals surface area contributed by atoms with Crippen LogP contribution in [0.25, 0.3) is 105 Å². The van der Waals surface area contributed by atoms with E-state index in [1.165, 1.54) is 43.4 Å². The maximum absolute atomic E-state index is 10.3. The molecule has 0 radical (unpaired) electrons. The van der Waals surface area contributed by atoms with Crippen molar-refractivity contribution in [3.8, 4) is 51.5 Å². The molecule has 3 heterocycles. The predicted octanol–water partition coefficient (Wildman–Crippen LogP) is 14.1. The van der Waals surface area contributed by atoms with Gasteiger partial charge in [-0.05, 0) is 102 Å². The van der Waals surface area contributed by atoms with Crippen LogP contribution in [0.1, 0.15) is 11.1 Å². The monoisotopic (exact) mass is 775 g/mol. The second-order valence-corrected chi connectivity index (χ2v) is 15.6. The van der Waals surface area contributed by atoms with Crippen LogP contribution in [-0.4, -0.2) is 13.7 Å². The predicted molar refractivity (Wildman–Crippen MR) is 250 cm³/mol. The summed E-state index contributed by atoms with van der Waals surface area (Å²) < 4.78 is 7.21. The highest BCUT2D eigenvalue weighted by atomic mass is 15.0. The van der Waals surface area contributed by atoms with E-state index in [0.717, 1.165) is 61.4 Å². The lowest BCUT2D eigenvalue weighted by atomic mass is 9.94. The van der Waals surface area contributed by atoms with E-state index in [0.29, 0.717) is 11.1 Å². The highest BCUT2D eigenvalue weighted by Gasteiger charge is 2.22. The number of hydrogen-bond acceptors (Lipinski definition) is 2. The summed E-state index contributed by atoms with van der Waals surface area (Å²) in [5, 5.41) is 27.2. The molecule has 3 aromatic heterocycles. The van der Waals surface area contributed by atoms with Crippen molar-refractivity contribution in [3.05, 3.63) is 211 Å². The van der Waals surface area contributed by atoms with Crippen molar-refractivity contribution in [1.82, 2.24) is 13.7 Å². The van der Waals surface area contributed by atoms with E-state index in [1.807, 2.05) is 30.3 Å². The Hall–Kier alpha value is -8.64. The summed E-state index contributed by atoms with van der Waals surface area (Å²) in [4.78, 5) is 0. The molecule has 0 N–H and O–H groups in total. The van der Waals surface area contributed by atoms with Gasteiger partial charge in [0.15, 0.2) is 0 Å². The first-order chi connectivity index (χ1) is 30.2. The number of para-hydroxylation sites is 5. The van der Waals surface area contributed by atoms with Crippen LogP contribution in [0.2, 0.25) is 0 Å². The molecule has 12 aromatic rings. The minimum absolute atomic E-state index is 0.550. The van der Waals surface area contributed by atoms with Gasteiger partial charge in [0.1, 0.15) is 0 Å². The average Bonchev–Trinajstić information content (AvgIpc) is 3.97. The third kappa shape index (κ3) is 5.18. The normalized spacial score (nSPS) is 11.6. The average molecular weight is 776 g/mol. The number of hydrogen-bond donors (Lipinski definition) is 0. The Balaban J connectivity index is 1.20. The molecule has 0 aliphatic carbocycles. The van der Waals surface area contributed by atoms with Crippen molar-refractivity contribution in [2.45, 2.75) is 0 Å². The van der Waals surface area contributed by atoms with E-state index in [4.69, 9.17) is 0 Å². The van der Waals surface area contributed by atoms with Gasteiger partial charge in [-0.1, -0.05) is 115 Å². The van der Waals surface area contributed by atoms with Crippen molar-refractivity contribution in [2.24, 2.45) is 0 Å². The molecule has 9 aromatic carbocycles. The number of aromatic nitrogens is 3. The Kier molecular flexibility index (Phi) is 7.59. The van der Waals surface area contributed by atoms with Crippen LogP contribution in [0.4, 0.5) is 0 Å². The van der Waals surface area contributed by atoms with Crippen LogP contribution in [0, 0.1) is 22.7 Å². The van der Waals surface area contributed by atoms with Gasteiger partial charge in [-0.15, -0.1) is 0 Å². The molecule has 0 bridgehead atoms. The second-order valence-electron chi connectivity index (χ2n) is 15.6. The molecular formula is C56H33N5. The Morgan fingerprint density at radius 1 is 0.328 bits per heavy atom. The zero-order valence-electron chi connectivity index (χ0n) is 32.8. The van der Waals surface area contributed by atoms with Gasteiger partial charge in [0, 0.05) is 54.9 Å². The largest absolute Gasteiger partial charge is 0.309 e. The van der Waals surface area contributed by atoms with E-state index in [1.54, 1.807) is 6.07 Å². The fraction of sp³-hybridized carbons (Fsp3) is 0. The fourth-order valence-corrected chi connectivity index (χ4v) is 9.67. The minimum atomic E-state index is 0.550. The van der Waals surface area contributed by atoms with E-state index >= 15 is 0 Å². The van der Waals surface area contributed by atoms with E-state index < -0.39 is 0 Å². The highest BCUT2D eigenvalue weighted by Crippen LogP contribution is 2.43. The van der Waals surface area contributed by atoms with Crippen LogP contribution in [0.15, 0.2) is 200 Å². The number of nitriles is 2. The third-order valence-electron chi connectivity index (χ3n) is 12.3. The van der Waals surface area contributed by atoms with Gasteiger partial charge >= 0.3 is 0 Å². The standard InChI is InChI=1S/C56H33N5/c57-34-36-13-12-14-38(29-36)49-32-37(25-26-39(49)35-58)40-30-42(59-50-21-8-4-17-44(50)45-18-5-9-22-51(45)59)33-43(31-40)60-53-24-11-7-20-48(53)55-54(60)28-27-47-46-19-6-10-23-52(46)61(56(47)55)41-15-2-1-3-16-41/h1-33H. The van der Waals surface area contributed by atoms with Crippen molar-refractivity contribution >= 4 is 65.4 Å². The van der Waals surface area contributed by atoms with Gasteiger partial charge in [0.25, 0.3) is 0 Å². The van der Waals surface area contributed by atoms with Gasteiger partial charge in [-0.2, -0.15) is 10.5 Å². The molecule has 0 aliphatic rings. The van der Waals surface area contributed by atoms with E-state index in [2.05, 4.69) is 190 Å². The Morgan fingerprint density at radius 3 is 1.56 bits per heavy atom. The van der Waals surface area contributed by atoms with Crippen molar-refractivity contribution in [1.29, 1.82) is 10.5 Å². The zero-order chi connectivity index (χ0) is 40.6. The van der Waals surface area contributed by atoms with E-state index in [9.17, 15) is 10.5 Å². The van der Waals surface area contributed by atoms with Gasteiger partial charge in [0.05, 0.1) is 56.4 Å². The van der Waals surface area contributed by atoms with Crippen LogP contribution < -0.4 is 0 Å². The van der Waals surface area contributed by atoms with Crippen LogP contribution in [0.5, 0.6) is 0 Å². The smallest absolute Gasteiger partial charge is 0.0998 e. The summed E-state index contributed by atoms with van der Waals surface area (Å²) in [6, 6.07) is 74.9. The summed E-state index contributed by atoms with van der Waals surface area (Å²) in [5.41, 5.74) is 14.6. The first-order valence-electron chi connectivity index (χ1n) is 20.4. The zero-order valence-corrected chi connectivity index (χ0v) is 32.8. The maximum atomic E-state index is 10.3. The molecule has 0 amide bonds. The lowest BCUT2D eigenvalue weighted by Gasteiger charge is -2.17. The van der Waals surface area contributed by atoms with Crippen molar-refractivity contribution in [3.63, 3.8) is 0 Å². The first-order valence-corrected chi connectivity index (χ1v) is 20.4. The molecular weight excluding hydrogens is 743 g/mol. The first kappa shape index (κ1) is 34.4. The van der Waals surface area contributed by atoms with Gasteiger partial charge in [0.2, 0.25) is 0 Å². The Labute approximate surface area is 351 Å². The highest BCUT2D eigenvalue weighted by molar-refractivity contribution is 6.26. The summed E-state index contributed by atoms with van der Waals surface area (Å²) in [6.45, 7) is 0. The fourth-order valence-electron chi connectivity index (χ4n) is 9.67. The quantitative estimate of drug-likeness (QED) is 0.175. The molecule has 0 atom stereocenters. The topological polar surface area (TPSA) is 62.4 Å². The number of rotatable bonds is 5. The SMILES string of the molecule is N#Cc1cccc(-c2cc(-c3cc(-n4c5ccccc5c5ccccc54)cc(-n4c5ccccc5c5c4ccc4c6ccccc6n(-c6ccccc6)c45)c3)ccc2C#N)c1. The Bertz CT molecular complexity index is 3790. The molecule has 0 saturated carbocycles. The molecule has 61 heavy (non-hydrogen) atoms. The summed E-state index contributed by atoms with van der Waals surface area (Å²) in [5.74, 6) is 0. The third-order valence-corrected chi connectivity index (χ3v) is 12.3. The summed E-state index contributed by atoms with van der Waals surface area (Å²) in [7, 11) is 0. The van der Waals surface area contributed by atoms with Crippen molar-refractivity contribution in [2.75, 3.05) is 0 Å². The van der Waals surface area contributed by atoms with Gasteiger partial charge in [-0.25, -0.2) is 0 Å². The molecule has 5 heteroatoms. The van der Waals surface area contributed by atoms with Crippen LogP contribution in [-0.2, 0) is 0 Å². The van der Waals surface area contributed by atoms with E-state index in [-0.39, 0.29) is 0 Å². The lowest BCUT2D eigenvalue weighted by molar-refractivity contribution is 1.13. The summed E-state index contributed by atoms with van der Waals surface area (Å²) in [6.07, 6.45) is 0. The number of nitrogens with zero attached hydrogens (tertiary/aromatic N) is 5. The molecule has 282 valence electrons. The lowest BCUT2D eigenvalue weighted by Crippen LogP contribution is -2.00. The van der Waals surface area contributed by atoms with Gasteiger partial charge < -0.3 is 13.7 Å². The van der Waals surface area contributed by atoms with Crippen LogP contribution >= 0.6 is 0 Å². The van der Waals surface area contributed by atoms with Crippen molar-refractivity contribution < 1.29 is 0 Å². The molecule has 5 nitrogen and oxygen atoms in total. The molecule has 0 aliphatic heterocycles. The number of fused-ring (bicyclic) bond motifs is 10. The molecule has 0 saturated heterocycles. The number of benzene rings is 9. The second kappa shape index (κ2) is 13.5. The van der Waals surface area contributed by atoms with Gasteiger partial charge in [-0.3, -0.25) is 0 Å². The molecule has 0 fully saturated rings. The Morgan fingerprint density at radius 2 is 0.902 bits per heavy atom.